The zero-order valence-corrected chi connectivity index (χ0v) is 15.1. The van der Waals surface area contributed by atoms with Gasteiger partial charge in [-0.25, -0.2) is 26.4 Å². The van der Waals surface area contributed by atoms with E-state index >= 15 is 0 Å². The third kappa shape index (κ3) is 5.08. The molecular weight excluding hydrogens is 375 g/mol. The third-order valence-electron chi connectivity index (χ3n) is 3.71. The van der Waals surface area contributed by atoms with Crippen LogP contribution < -0.4 is 10.6 Å². The second-order valence-corrected chi connectivity index (χ2v) is 8.08. The minimum atomic E-state index is -3.61. The number of rotatable bonds is 5. The molecular formula is C15H20F3N3O4S. The number of nitrogens with one attached hydrogen (secondary N) is 2. The zero-order chi connectivity index (χ0) is 19.5. The minimum Gasteiger partial charge on any atom is -0.373 e. The molecule has 11 heteroatoms. The van der Waals surface area contributed by atoms with Gasteiger partial charge in [0.2, 0.25) is 10.0 Å². The third-order valence-corrected chi connectivity index (χ3v) is 5.51. The highest BCUT2D eigenvalue weighted by Crippen LogP contribution is 2.19. The number of halogens is 3. The number of carbonyl (C=O) groups is 1. The molecule has 1 saturated heterocycles. The van der Waals surface area contributed by atoms with Gasteiger partial charge in [0.05, 0.1) is 23.6 Å². The van der Waals surface area contributed by atoms with Crippen LogP contribution >= 0.6 is 0 Å². The van der Waals surface area contributed by atoms with Crippen LogP contribution in [0.5, 0.6) is 0 Å². The Morgan fingerprint density at radius 1 is 1.19 bits per heavy atom. The van der Waals surface area contributed by atoms with E-state index in [0.29, 0.717) is 6.07 Å². The highest BCUT2D eigenvalue weighted by Gasteiger charge is 2.30. The van der Waals surface area contributed by atoms with Crippen LogP contribution in [0.15, 0.2) is 12.1 Å². The Labute approximate surface area is 149 Å². The second-order valence-electron chi connectivity index (χ2n) is 5.99. The highest BCUT2D eigenvalue weighted by molar-refractivity contribution is 7.89. The Morgan fingerprint density at radius 3 is 2.42 bits per heavy atom. The number of nitrogens with zero attached hydrogens (tertiary/aromatic N) is 1. The molecule has 2 unspecified atom stereocenters. The standard InChI is InChI=1S/C15H20F3N3O4S/c1-9-7-21(8-10(2)25-9)26(23,24)6-5-19-15(22)20-12-4-3-11(16)13(17)14(12)18/h3-4,9-10H,5-8H2,1-2H3,(H2,19,20,22). The first-order valence-corrected chi connectivity index (χ1v) is 9.52. The molecule has 1 heterocycles. The summed E-state index contributed by atoms with van der Waals surface area (Å²) >= 11 is 0. The summed E-state index contributed by atoms with van der Waals surface area (Å²) in [5, 5.41) is 4.24. The van der Waals surface area contributed by atoms with E-state index in [1.165, 1.54) is 4.31 Å². The molecule has 0 aliphatic carbocycles. The lowest BCUT2D eigenvalue weighted by Crippen LogP contribution is -2.49. The van der Waals surface area contributed by atoms with Gasteiger partial charge in [-0.15, -0.1) is 0 Å². The van der Waals surface area contributed by atoms with Crippen molar-refractivity contribution in [1.82, 2.24) is 9.62 Å². The predicted octanol–water partition coefficient (Wildman–Crippen LogP) is 1.66. The lowest BCUT2D eigenvalue weighted by molar-refractivity contribution is -0.0440. The number of hydrogen-bond acceptors (Lipinski definition) is 4. The number of morpholine rings is 1. The fraction of sp³-hybridized carbons (Fsp3) is 0.533. The molecule has 7 nitrogen and oxygen atoms in total. The van der Waals surface area contributed by atoms with Crippen LogP contribution in [-0.2, 0) is 14.8 Å². The molecule has 2 atom stereocenters. The van der Waals surface area contributed by atoms with Crippen LogP contribution in [0.1, 0.15) is 13.8 Å². The summed E-state index contributed by atoms with van der Waals surface area (Å²) in [6, 6.07) is 0.591. The van der Waals surface area contributed by atoms with Crippen LogP contribution in [0.3, 0.4) is 0 Å². The lowest BCUT2D eigenvalue weighted by atomic mass is 10.3. The lowest BCUT2D eigenvalue weighted by Gasteiger charge is -2.34. The second kappa shape index (κ2) is 8.23. The van der Waals surface area contributed by atoms with E-state index in [1.54, 1.807) is 13.8 Å². The van der Waals surface area contributed by atoms with Gasteiger partial charge in [-0.05, 0) is 26.0 Å². The first-order chi connectivity index (χ1) is 12.1. The Kier molecular flexibility index (Phi) is 6.48. The number of urea groups is 1. The highest BCUT2D eigenvalue weighted by atomic mass is 32.2. The first-order valence-electron chi connectivity index (χ1n) is 7.91. The molecule has 1 aliphatic rings. The molecule has 1 aromatic rings. The molecule has 2 rings (SSSR count). The molecule has 146 valence electrons. The topological polar surface area (TPSA) is 87.7 Å². The monoisotopic (exact) mass is 395 g/mol. The first kappa shape index (κ1) is 20.5. The number of carbonyl (C=O) groups excluding carboxylic acids is 1. The average Bonchev–Trinajstić information content (AvgIpc) is 2.54. The van der Waals surface area contributed by atoms with Crippen LogP contribution in [0, 0.1) is 17.5 Å². The Bertz CT molecular complexity index is 766. The van der Waals surface area contributed by atoms with E-state index in [2.05, 4.69) is 5.32 Å². The van der Waals surface area contributed by atoms with Crippen molar-refractivity contribution in [3.8, 4) is 0 Å². The predicted molar refractivity (Wildman–Crippen MR) is 88.7 cm³/mol. The molecule has 26 heavy (non-hydrogen) atoms. The zero-order valence-electron chi connectivity index (χ0n) is 14.3. The molecule has 1 fully saturated rings. The Balaban J connectivity index is 1.87. The molecule has 1 aliphatic heterocycles. The molecule has 2 amide bonds. The Hall–Kier alpha value is -1.85. The number of hydrogen-bond donors (Lipinski definition) is 2. The van der Waals surface area contributed by atoms with E-state index < -0.39 is 39.2 Å². The van der Waals surface area contributed by atoms with E-state index in [0.717, 1.165) is 6.07 Å². The summed E-state index contributed by atoms with van der Waals surface area (Å²) in [6.45, 7) is 3.73. The van der Waals surface area contributed by atoms with Gasteiger partial charge in [0.15, 0.2) is 17.5 Å². The SMILES string of the molecule is CC1CN(S(=O)(=O)CCNC(=O)Nc2ccc(F)c(F)c2F)CC(C)O1. The van der Waals surface area contributed by atoms with Gasteiger partial charge < -0.3 is 15.4 Å². The summed E-state index contributed by atoms with van der Waals surface area (Å²) in [5.41, 5.74) is -0.555. The van der Waals surface area contributed by atoms with Crippen molar-refractivity contribution in [3.63, 3.8) is 0 Å². The fourth-order valence-corrected chi connectivity index (χ4v) is 4.06. The van der Waals surface area contributed by atoms with Crippen molar-refractivity contribution in [2.45, 2.75) is 26.1 Å². The van der Waals surface area contributed by atoms with Gasteiger partial charge >= 0.3 is 6.03 Å². The summed E-state index contributed by atoms with van der Waals surface area (Å²) in [7, 11) is -3.61. The van der Waals surface area contributed by atoms with Crippen molar-refractivity contribution in [3.05, 3.63) is 29.6 Å². The Morgan fingerprint density at radius 2 is 1.81 bits per heavy atom. The molecule has 1 aromatic carbocycles. The van der Waals surface area contributed by atoms with Crippen molar-refractivity contribution in [2.75, 3.05) is 30.7 Å². The average molecular weight is 395 g/mol. The van der Waals surface area contributed by atoms with Crippen molar-refractivity contribution in [2.24, 2.45) is 0 Å². The summed E-state index contributed by atoms with van der Waals surface area (Å²) in [4.78, 5) is 11.7. The molecule has 0 spiro atoms. The van der Waals surface area contributed by atoms with Crippen LogP contribution in [-0.4, -0.2) is 56.3 Å². The molecule has 0 bridgehead atoms. The quantitative estimate of drug-likeness (QED) is 0.743. The fourth-order valence-electron chi connectivity index (χ4n) is 2.57. The molecule has 0 radical (unpaired) electrons. The van der Waals surface area contributed by atoms with E-state index in [4.69, 9.17) is 4.74 Å². The number of sulfonamides is 1. The van der Waals surface area contributed by atoms with E-state index in [1.807, 2.05) is 5.32 Å². The van der Waals surface area contributed by atoms with Gasteiger partial charge in [-0.1, -0.05) is 0 Å². The molecule has 0 saturated carbocycles. The number of benzene rings is 1. The maximum absolute atomic E-state index is 13.5. The van der Waals surface area contributed by atoms with Gasteiger partial charge in [-0.2, -0.15) is 4.31 Å². The van der Waals surface area contributed by atoms with Gasteiger partial charge in [0.1, 0.15) is 0 Å². The molecule has 2 N–H and O–H groups in total. The maximum Gasteiger partial charge on any atom is 0.319 e. The maximum atomic E-state index is 13.5. The van der Waals surface area contributed by atoms with Crippen molar-refractivity contribution >= 4 is 21.7 Å². The van der Waals surface area contributed by atoms with Gasteiger partial charge in [0, 0.05) is 19.6 Å². The van der Waals surface area contributed by atoms with Gasteiger partial charge in [0.25, 0.3) is 0 Å². The number of ether oxygens (including phenoxy) is 1. The number of amides is 2. The van der Waals surface area contributed by atoms with E-state index in [9.17, 15) is 26.4 Å². The smallest absolute Gasteiger partial charge is 0.319 e. The van der Waals surface area contributed by atoms with Crippen LogP contribution in [0.2, 0.25) is 0 Å². The van der Waals surface area contributed by atoms with E-state index in [-0.39, 0.29) is 37.6 Å². The largest absolute Gasteiger partial charge is 0.373 e. The van der Waals surface area contributed by atoms with Crippen molar-refractivity contribution in [1.29, 1.82) is 0 Å². The van der Waals surface area contributed by atoms with Gasteiger partial charge in [-0.3, -0.25) is 0 Å². The van der Waals surface area contributed by atoms with Crippen LogP contribution in [0.25, 0.3) is 0 Å². The normalized spacial score (nSPS) is 21.4. The summed E-state index contributed by atoms with van der Waals surface area (Å²) < 4.78 is 70.8. The number of anilines is 1. The van der Waals surface area contributed by atoms with Crippen molar-refractivity contribution < 1.29 is 31.1 Å². The summed E-state index contributed by atoms with van der Waals surface area (Å²) in [5.74, 6) is -4.99. The van der Waals surface area contributed by atoms with Crippen LogP contribution in [0.4, 0.5) is 23.7 Å². The summed E-state index contributed by atoms with van der Waals surface area (Å²) in [6.07, 6.45) is -0.470. The molecule has 0 aromatic heterocycles. The minimum absolute atomic E-state index is 0.221.